The Morgan fingerprint density at radius 2 is 1.89 bits per heavy atom. The van der Waals surface area contributed by atoms with Gasteiger partial charge in [-0.25, -0.2) is 0 Å². The van der Waals surface area contributed by atoms with Gasteiger partial charge in [0.15, 0.2) is 0 Å². The third-order valence-electron chi connectivity index (χ3n) is 3.62. The zero-order valence-corrected chi connectivity index (χ0v) is 12.7. The lowest BCUT2D eigenvalue weighted by atomic mass is 9.98. The van der Waals surface area contributed by atoms with Gasteiger partial charge in [0, 0.05) is 18.0 Å². The molecule has 0 heterocycles. The molecule has 1 amide bonds. The first-order chi connectivity index (χ1) is 8.81. The normalized spacial score (nSPS) is 15.7. The van der Waals surface area contributed by atoms with E-state index < -0.39 is 0 Å². The Morgan fingerprint density at radius 3 is 2.42 bits per heavy atom. The maximum Gasteiger partial charge on any atom is 0.224 e. The van der Waals surface area contributed by atoms with E-state index in [4.69, 9.17) is 5.73 Å². The molecule has 19 heavy (non-hydrogen) atoms. The SMILES string of the molecule is Cc1ccc(CC(C)NC(=O)C(C)C(C)N)c(C)c1. The van der Waals surface area contributed by atoms with Gasteiger partial charge in [0.25, 0.3) is 0 Å². The predicted molar refractivity (Wildman–Crippen MR) is 80.0 cm³/mol. The highest BCUT2D eigenvalue weighted by molar-refractivity contribution is 5.79. The number of carbonyl (C=O) groups excluding carboxylic acids is 1. The first kappa shape index (κ1) is 15.7. The summed E-state index contributed by atoms with van der Waals surface area (Å²) < 4.78 is 0. The van der Waals surface area contributed by atoms with Crippen molar-refractivity contribution in [3.63, 3.8) is 0 Å². The number of rotatable bonds is 5. The van der Waals surface area contributed by atoms with Crippen LogP contribution in [0.2, 0.25) is 0 Å². The summed E-state index contributed by atoms with van der Waals surface area (Å²) in [5, 5.41) is 3.03. The first-order valence-corrected chi connectivity index (χ1v) is 6.93. The van der Waals surface area contributed by atoms with Gasteiger partial charge >= 0.3 is 0 Å². The summed E-state index contributed by atoms with van der Waals surface area (Å²) in [6, 6.07) is 6.43. The molecule has 0 aliphatic rings. The van der Waals surface area contributed by atoms with Gasteiger partial charge in [-0.3, -0.25) is 4.79 Å². The molecule has 0 radical (unpaired) electrons. The zero-order valence-electron chi connectivity index (χ0n) is 12.7. The third kappa shape index (κ3) is 4.67. The molecule has 0 fully saturated rings. The summed E-state index contributed by atoms with van der Waals surface area (Å²) in [5.41, 5.74) is 9.58. The lowest BCUT2D eigenvalue weighted by molar-refractivity contribution is -0.125. The van der Waals surface area contributed by atoms with Gasteiger partial charge in [-0.1, -0.05) is 30.7 Å². The van der Waals surface area contributed by atoms with Gasteiger partial charge in [-0.05, 0) is 45.2 Å². The molecule has 0 saturated heterocycles. The van der Waals surface area contributed by atoms with Gasteiger partial charge in [0.1, 0.15) is 0 Å². The molecule has 0 saturated carbocycles. The second-order valence-corrected chi connectivity index (χ2v) is 5.69. The van der Waals surface area contributed by atoms with Crippen LogP contribution < -0.4 is 11.1 Å². The Labute approximate surface area is 116 Å². The molecule has 3 unspecified atom stereocenters. The zero-order chi connectivity index (χ0) is 14.6. The number of hydrogen-bond acceptors (Lipinski definition) is 2. The summed E-state index contributed by atoms with van der Waals surface area (Å²) in [4.78, 5) is 11.9. The van der Waals surface area contributed by atoms with Crippen molar-refractivity contribution in [2.75, 3.05) is 0 Å². The third-order valence-corrected chi connectivity index (χ3v) is 3.62. The Kier molecular flexibility index (Phi) is 5.55. The van der Waals surface area contributed by atoms with E-state index in [1.807, 2.05) is 20.8 Å². The Morgan fingerprint density at radius 1 is 1.26 bits per heavy atom. The molecule has 0 aliphatic heterocycles. The average molecular weight is 262 g/mol. The highest BCUT2D eigenvalue weighted by atomic mass is 16.1. The van der Waals surface area contributed by atoms with E-state index >= 15 is 0 Å². The van der Waals surface area contributed by atoms with Crippen LogP contribution in [0.4, 0.5) is 0 Å². The van der Waals surface area contributed by atoms with Crippen molar-refractivity contribution >= 4 is 5.91 Å². The van der Waals surface area contributed by atoms with Crippen molar-refractivity contribution in [2.24, 2.45) is 11.7 Å². The molecule has 1 rings (SSSR count). The van der Waals surface area contributed by atoms with E-state index in [1.54, 1.807) is 0 Å². The summed E-state index contributed by atoms with van der Waals surface area (Å²) in [7, 11) is 0. The van der Waals surface area contributed by atoms with Gasteiger partial charge in [-0.15, -0.1) is 0 Å². The molecule has 106 valence electrons. The van der Waals surface area contributed by atoms with Crippen LogP contribution in [-0.4, -0.2) is 18.0 Å². The van der Waals surface area contributed by atoms with Gasteiger partial charge in [0.2, 0.25) is 5.91 Å². The monoisotopic (exact) mass is 262 g/mol. The highest BCUT2D eigenvalue weighted by Crippen LogP contribution is 2.13. The van der Waals surface area contributed by atoms with Crippen molar-refractivity contribution in [3.05, 3.63) is 34.9 Å². The smallest absolute Gasteiger partial charge is 0.224 e. The topological polar surface area (TPSA) is 55.1 Å². The van der Waals surface area contributed by atoms with E-state index in [1.165, 1.54) is 16.7 Å². The van der Waals surface area contributed by atoms with Crippen molar-refractivity contribution in [3.8, 4) is 0 Å². The van der Waals surface area contributed by atoms with E-state index in [0.29, 0.717) is 0 Å². The first-order valence-electron chi connectivity index (χ1n) is 6.93. The maximum atomic E-state index is 11.9. The average Bonchev–Trinajstić information content (AvgIpc) is 2.31. The molecular formula is C16H26N2O. The number of benzene rings is 1. The van der Waals surface area contributed by atoms with E-state index in [9.17, 15) is 4.79 Å². The van der Waals surface area contributed by atoms with Crippen molar-refractivity contribution in [1.82, 2.24) is 5.32 Å². The minimum absolute atomic E-state index is 0.0345. The lowest BCUT2D eigenvalue weighted by Gasteiger charge is -2.20. The quantitative estimate of drug-likeness (QED) is 0.855. The molecule has 3 heteroatoms. The fraction of sp³-hybridized carbons (Fsp3) is 0.562. The summed E-state index contributed by atoms with van der Waals surface area (Å²) >= 11 is 0. The second-order valence-electron chi connectivity index (χ2n) is 5.69. The fourth-order valence-electron chi connectivity index (χ4n) is 2.07. The van der Waals surface area contributed by atoms with Crippen LogP contribution in [0.25, 0.3) is 0 Å². The maximum absolute atomic E-state index is 11.9. The van der Waals surface area contributed by atoms with Crippen LogP contribution in [0.3, 0.4) is 0 Å². The Bertz CT molecular complexity index is 440. The number of nitrogens with one attached hydrogen (secondary N) is 1. The summed E-state index contributed by atoms with van der Waals surface area (Å²) in [6.45, 7) is 9.96. The molecule has 0 spiro atoms. The van der Waals surface area contributed by atoms with Gasteiger partial charge < -0.3 is 11.1 Å². The highest BCUT2D eigenvalue weighted by Gasteiger charge is 2.18. The molecule has 1 aromatic rings. The lowest BCUT2D eigenvalue weighted by Crippen LogP contribution is -2.43. The van der Waals surface area contributed by atoms with Crippen molar-refractivity contribution in [1.29, 1.82) is 0 Å². The van der Waals surface area contributed by atoms with Crippen LogP contribution in [0.15, 0.2) is 18.2 Å². The standard InChI is InChI=1S/C16H26N2O/c1-10-6-7-15(11(2)8-10)9-12(3)18-16(19)13(4)14(5)17/h6-8,12-14H,9,17H2,1-5H3,(H,18,19). The fourth-order valence-corrected chi connectivity index (χ4v) is 2.07. The molecular weight excluding hydrogens is 236 g/mol. The van der Waals surface area contributed by atoms with Crippen molar-refractivity contribution < 1.29 is 4.79 Å². The number of amides is 1. The Hall–Kier alpha value is -1.35. The molecule has 0 bridgehead atoms. The van der Waals surface area contributed by atoms with Gasteiger partial charge in [0.05, 0.1) is 0 Å². The van der Waals surface area contributed by atoms with E-state index in [0.717, 1.165) is 6.42 Å². The van der Waals surface area contributed by atoms with Crippen LogP contribution in [0.1, 0.15) is 37.5 Å². The largest absolute Gasteiger partial charge is 0.353 e. The minimum Gasteiger partial charge on any atom is -0.353 e. The van der Waals surface area contributed by atoms with E-state index in [2.05, 4.69) is 37.4 Å². The minimum atomic E-state index is -0.151. The molecule has 3 atom stereocenters. The number of carbonyl (C=O) groups is 1. The summed E-state index contributed by atoms with van der Waals surface area (Å²) in [6.07, 6.45) is 0.851. The van der Waals surface area contributed by atoms with Crippen molar-refractivity contribution in [2.45, 2.75) is 53.1 Å². The Balaban J connectivity index is 2.60. The van der Waals surface area contributed by atoms with Crippen LogP contribution >= 0.6 is 0 Å². The molecule has 0 aliphatic carbocycles. The predicted octanol–water partition coefficient (Wildman–Crippen LogP) is 2.33. The number of nitrogens with two attached hydrogens (primary N) is 1. The molecule has 0 aromatic heterocycles. The number of aryl methyl sites for hydroxylation is 2. The van der Waals surface area contributed by atoms with E-state index in [-0.39, 0.29) is 23.9 Å². The van der Waals surface area contributed by atoms with Crippen LogP contribution in [0.5, 0.6) is 0 Å². The molecule has 3 nitrogen and oxygen atoms in total. The second kappa shape index (κ2) is 6.71. The van der Waals surface area contributed by atoms with Crippen LogP contribution in [0, 0.1) is 19.8 Å². The van der Waals surface area contributed by atoms with Crippen LogP contribution in [-0.2, 0) is 11.2 Å². The molecule has 1 aromatic carbocycles. The van der Waals surface area contributed by atoms with Gasteiger partial charge in [-0.2, -0.15) is 0 Å². The summed E-state index contributed by atoms with van der Waals surface area (Å²) in [5.74, 6) is -0.117. The number of hydrogen-bond donors (Lipinski definition) is 2. The molecule has 3 N–H and O–H groups in total.